The zero-order valence-electron chi connectivity index (χ0n) is 12.0. The molecule has 3 N–H and O–H groups in total. The molecular weight excluding hydrogens is 212 g/mol. The van der Waals surface area contributed by atoms with Gasteiger partial charge in [0.15, 0.2) is 0 Å². The predicted octanol–water partition coefficient (Wildman–Crippen LogP) is 2.84. The van der Waals surface area contributed by atoms with Crippen molar-refractivity contribution in [1.29, 1.82) is 0 Å². The molecule has 0 aliphatic carbocycles. The number of carbonyl (C=O) groups is 1. The first kappa shape index (κ1) is 16.4. The van der Waals surface area contributed by atoms with E-state index in [4.69, 9.17) is 5.73 Å². The third-order valence-corrected chi connectivity index (χ3v) is 3.28. The molecular formula is C14H30N2O. The highest BCUT2D eigenvalue weighted by atomic mass is 16.1. The van der Waals surface area contributed by atoms with E-state index in [1.54, 1.807) is 0 Å². The fourth-order valence-electron chi connectivity index (χ4n) is 2.25. The highest BCUT2D eigenvalue weighted by molar-refractivity contribution is 5.76. The number of nitrogens with two attached hydrogens (primary N) is 1. The molecule has 0 saturated heterocycles. The van der Waals surface area contributed by atoms with Crippen LogP contribution in [0.15, 0.2) is 0 Å². The minimum Gasteiger partial charge on any atom is -0.351 e. The minimum atomic E-state index is -0.0680. The summed E-state index contributed by atoms with van der Waals surface area (Å²) < 4.78 is 0. The summed E-state index contributed by atoms with van der Waals surface area (Å²) in [6, 6.07) is 0. The van der Waals surface area contributed by atoms with Crippen molar-refractivity contribution in [2.75, 3.05) is 6.54 Å². The number of hydrogen-bond donors (Lipinski definition) is 2. The number of nitrogens with one attached hydrogen (secondary N) is 1. The topological polar surface area (TPSA) is 55.1 Å². The van der Waals surface area contributed by atoms with Crippen molar-refractivity contribution in [3.8, 4) is 0 Å². The summed E-state index contributed by atoms with van der Waals surface area (Å²) in [6.07, 6.45) is 5.86. The summed E-state index contributed by atoms with van der Waals surface area (Å²) in [5.41, 5.74) is 5.48. The minimum absolute atomic E-state index is 0.0680. The summed E-state index contributed by atoms with van der Waals surface area (Å²) in [6.45, 7) is 9.21. The van der Waals surface area contributed by atoms with E-state index in [2.05, 4.69) is 33.0 Å². The van der Waals surface area contributed by atoms with Gasteiger partial charge in [-0.3, -0.25) is 4.79 Å². The molecule has 1 unspecified atom stereocenters. The van der Waals surface area contributed by atoms with Crippen LogP contribution in [0.5, 0.6) is 0 Å². The van der Waals surface area contributed by atoms with E-state index >= 15 is 0 Å². The largest absolute Gasteiger partial charge is 0.351 e. The summed E-state index contributed by atoms with van der Waals surface area (Å²) in [7, 11) is 0. The molecule has 0 saturated carbocycles. The molecule has 0 rings (SSSR count). The molecule has 0 heterocycles. The van der Waals surface area contributed by atoms with Gasteiger partial charge in [-0.2, -0.15) is 0 Å². The molecule has 17 heavy (non-hydrogen) atoms. The molecule has 102 valence electrons. The van der Waals surface area contributed by atoms with Crippen LogP contribution in [0.2, 0.25) is 0 Å². The van der Waals surface area contributed by atoms with Crippen LogP contribution < -0.4 is 11.1 Å². The van der Waals surface area contributed by atoms with Gasteiger partial charge in [-0.15, -0.1) is 0 Å². The maximum absolute atomic E-state index is 11.8. The van der Waals surface area contributed by atoms with Gasteiger partial charge in [-0.25, -0.2) is 0 Å². The summed E-state index contributed by atoms with van der Waals surface area (Å²) in [5.74, 6) is 0.777. The molecule has 0 bridgehead atoms. The molecule has 0 fully saturated rings. The second kappa shape index (κ2) is 8.51. The van der Waals surface area contributed by atoms with Crippen LogP contribution in [0.1, 0.15) is 66.2 Å². The normalized spacial score (nSPS) is 13.5. The van der Waals surface area contributed by atoms with E-state index in [1.807, 2.05) is 0 Å². The Balaban J connectivity index is 3.93. The molecule has 0 aromatic heterocycles. The molecule has 1 amide bonds. The van der Waals surface area contributed by atoms with Crippen molar-refractivity contribution in [3.05, 3.63) is 0 Å². The van der Waals surface area contributed by atoms with Gasteiger partial charge >= 0.3 is 0 Å². The monoisotopic (exact) mass is 242 g/mol. The first-order valence-electron chi connectivity index (χ1n) is 6.96. The SMILES string of the molecule is CCCC(C)(C)NC(=O)CCC(CC)CCN. The quantitative estimate of drug-likeness (QED) is 0.653. The van der Waals surface area contributed by atoms with Crippen LogP contribution in [-0.4, -0.2) is 18.0 Å². The standard InChI is InChI=1S/C14H30N2O/c1-5-10-14(3,4)16-13(17)8-7-12(6-2)9-11-15/h12H,5-11,15H2,1-4H3,(H,16,17). The average molecular weight is 242 g/mol. The smallest absolute Gasteiger partial charge is 0.220 e. The van der Waals surface area contributed by atoms with Crippen LogP contribution in [0.4, 0.5) is 0 Å². The lowest BCUT2D eigenvalue weighted by atomic mass is 9.95. The number of hydrogen-bond acceptors (Lipinski definition) is 2. The fourth-order valence-corrected chi connectivity index (χ4v) is 2.25. The van der Waals surface area contributed by atoms with E-state index in [-0.39, 0.29) is 11.4 Å². The molecule has 0 aromatic rings. The Labute approximate surface area is 107 Å². The lowest BCUT2D eigenvalue weighted by Gasteiger charge is -2.26. The number of carbonyl (C=O) groups excluding carboxylic acids is 1. The first-order valence-corrected chi connectivity index (χ1v) is 6.96. The van der Waals surface area contributed by atoms with Gasteiger partial charge in [0.05, 0.1) is 0 Å². The third kappa shape index (κ3) is 8.19. The van der Waals surface area contributed by atoms with Crippen molar-refractivity contribution in [3.63, 3.8) is 0 Å². The lowest BCUT2D eigenvalue weighted by molar-refractivity contribution is -0.123. The summed E-state index contributed by atoms with van der Waals surface area (Å²) in [4.78, 5) is 11.8. The Bertz CT molecular complexity index is 214. The van der Waals surface area contributed by atoms with Gasteiger partial charge in [0.2, 0.25) is 5.91 Å². The van der Waals surface area contributed by atoms with Gasteiger partial charge < -0.3 is 11.1 Å². The van der Waals surface area contributed by atoms with Crippen molar-refractivity contribution in [2.24, 2.45) is 11.7 Å². The first-order chi connectivity index (χ1) is 7.95. The Hall–Kier alpha value is -0.570. The summed E-state index contributed by atoms with van der Waals surface area (Å²) in [5, 5.41) is 3.11. The molecule has 0 spiro atoms. The van der Waals surface area contributed by atoms with Crippen LogP contribution in [-0.2, 0) is 4.79 Å². The molecule has 0 radical (unpaired) electrons. The van der Waals surface area contributed by atoms with Crippen molar-refractivity contribution in [2.45, 2.75) is 71.8 Å². The summed E-state index contributed by atoms with van der Waals surface area (Å²) >= 11 is 0. The Morgan fingerprint density at radius 3 is 2.41 bits per heavy atom. The van der Waals surface area contributed by atoms with Crippen molar-refractivity contribution < 1.29 is 4.79 Å². The Kier molecular flexibility index (Phi) is 8.23. The maximum Gasteiger partial charge on any atom is 0.220 e. The van der Waals surface area contributed by atoms with E-state index in [9.17, 15) is 4.79 Å². The lowest BCUT2D eigenvalue weighted by Crippen LogP contribution is -2.43. The highest BCUT2D eigenvalue weighted by Gasteiger charge is 2.19. The predicted molar refractivity (Wildman–Crippen MR) is 73.8 cm³/mol. The maximum atomic E-state index is 11.8. The zero-order chi connectivity index (χ0) is 13.3. The van der Waals surface area contributed by atoms with Crippen molar-refractivity contribution >= 4 is 5.91 Å². The van der Waals surface area contributed by atoms with Gasteiger partial charge in [0.1, 0.15) is 0 Å². The third-order valence-electron chi connectivity index (χ3n) is 3.28. The Morgan fingerprint density at radius 2 is 1.94 bits per heavy atom. The van der Waals surface area contributed by atoms with Gasteiger partial charge in [-0.1, -0.05) is 26.7 Å². The Morgan fingerprint density at radius 1 is 1.29 bits per heavy atom. The van der Waals surface area contributed by atoms with E-state index in [1.165, 1.54) is 0 Å². The van der Waals surface area contributed by atoms with Gasteiger partial charge in [0, 0.05) is 12.0 Å². The van der Waals surface area contributed by atoms with Crippen LogP contribution >= 0.6 is 0 Å². The van der Waals surface area contributed by atoms with Gasteiger partial charge in [0.25, 0.3) is 0 Å². The van der Waals surface area contributed by atoms with E-state index < -0.39 is 0 Å². The molecule has 3 nitrogen and oxygen atoms in total. The number of rotatable bonds is 9. The second-order valence-corrected chi connectivity index (χ2v) is 5.57. The van der Waals surface area contributed by atoms with Gasteiger partial charge in [-0.05, 0) is 45.6 Å². The molecule has 1 atom stereocenters. The fraction of sp³-hybridized carbons (Fsp3) is 0.929. The molecule has 0 aliphatic rings. The zero-order valence-corrected chi connectivity index (χ0v) is 12.0. The van der Waals surface area contributed by atoms with Crippen LogP contribution in [0.3, 0.4) is 0 Å². The van der Waals surface area contributed by atoms with E-state index in [0.29, 0.717) is 12.3 Å². The van der Waals surface area contributed by atoms with Crippen molar-refractivity contribution in [1.82, 2.24) is 5.32 Å². The van der Waals surface area contributed by atoms with E-state index in [0.717, 1.165) is 38.6 Å². The molecule has 0 aliphatic heterocycles. The van der Waals surface area contributed by atoms with Crippen LogP contribution in [0.25, 0.3) is 0 Å². The second-order valence-electron chi connectivity index (χ2n) is 5.57. The van der Waals surface area contributed by atoms with Crippen LogP contribution in [0, 0.1) is 5.92 Å². The average Bonchev–Trinajstić information content (AvgIpc) is 2.23. The molecule has 0 aromatic carbocycles. The highest BCUT2D eigenvalue weighted by Crippen LogP contribution is 2.16. The number of amides is 1. The molecule has 3 heteroatoms.